The normalized spacial score (nSPS) is 10.3. The first-order chi connectivity index (χ1) is 7.22. The molecule has 1 heterocycles. The highest BCUT2D eigenvalue weighted by Crippen LogP contribution is 2.31. The molecule has 0 N–H and O–H groups in total. The van der Waals surface area contributed by atoms with Gasteiger partial charge in [0.05, 0.1) is 4.88 Å². The summed E-state index contributed by atoms with van der Waals surface area (Å²) in [5.74, 6) is 0. The molecule has 76 valence electrons. The second-order valence-electron chi connectivity index (χ2n) is 3.23. The third kappa shape index (κ3) is 2.13. The van der Waals surface area contributed by atoms with Crippen LogP contribution in [0, 0.1) is 10.5 Å². The summed E-state index contributed by atoms with van der Waals surface area (Å²) in [4.78, 5) is 12.6. The summed E-state index contributed by atoms with van der Waals surface area (Å²) in [6, 6.07) is 10.1. The Morgan fingerprint density at radius 1 is 1.27 bits per heavy atom. The quantitative estimate of drug-likeness (QED) is 0.598. The van der Waals surface area contributed by atoms with Crippen LogP contribution in [0.2, 0.25) is 0 Å². The van der Waals surface area contributed by atoms with E-state index in [0.29, 0.717) is 0 Å². The van der Waals surface area contributed by atoms with E-state index < -0.39 is 0 Å². The summed E-state index contributed by atoms with van der Waals surface area (Å²) < 4.78 is 1.26. The molecule has 0 unspecified atom stereocenters. The van der Waals surface area contributed by atoms with E-state index in [4.69, 9.17) is 0 Å². The fraction of sp³-hybridized carbons (Fsp3) is 0.0833. The maximum atomic E-state index is 10.6. The molecule has 1 aromatic carbocycles. The third-order valence-corrected chi connectivity index (χ3v) is 4.49. The number of aldehydes is 1. The minimum atomic E-state index is 0.781. The second-order valence-corrected chi connectivity index (χ2v) is 5.51. The van der Waals surface area contributed by atoms with Crippen molar-refractivity contribution >= 4 is 40.2 Å². The lowest BCUT2D eigenvalue weighted by atomic mass is 10.1. The SMILES string of the molecule is Cc1c(I)cccc1-c1ccc(C=O)s1. The average Bonchev–Trinajstić information content (AvgIpc) is 2.70. The van der Waals surface area contributed by atoms with Gasteiger partial charge in [-0.2, -0.15) is 0 Å². The van der Waals surface area contributed by atoms with E-state index in [1.54, 1.807) is 0 Å². The van der Waals surface area contributed by atoms with Crippen LogP contribution < -0.4 is 0 Å². The molecule has 0 bridgehead atoms. The Kier molecular flexibility index (Phi) is 3.21. The lowest BCUT2D eigenvalue weighted by molar-refractivity contribution is 0.112. The molecule has 2 aromatic rings. The maximum Gasteiger partial charge on any atom is 0.160 e. The Morgan fingerprint density at radius 3 is 2.73 bits per heavy atom. The monoisotopic (exact) mass is 328 g/mol. The van der Waals surface area contributed by atoms with Crippen molar-refractivity contribution in [3.8, 4) is 10.4 Å². The van der Waals surface area contributed by atoms with Gasteiger partial charge < -0.3 is 0 Å². The molecule has 3 heteroatoms. The molecule has 0 fully saturated rings. The molecule has 1 nitrogen and oxygen atoms in total. The molecule has 0 spiro atoms. The van der Waals surface area contributed by atoms with E-state index >= 15 is 0 Å². The van der Waals surface area contributed by atoms with Gasteiger partial charge in [0.1, 0.15) is 0 Å². The van der Waals surface area contributed by atoms with Gasteiger partial charge in [0.25, 0.3) is 0 Å². The van der Waals surface area contributed by atoms with Gasteiger partial charge in [-0.05, 0) is 58.8 Å². The summed E-state index contributed by atoms with van der Waals surface area (Å²) in [5, 5.41) is 0. The minimum Gasteiger partial charge on any atom is -0.297 e. The van der Waals surface area contributed by atoms with Crippen LogP contribution in [0.1, 0.15) is 15.2 Å². The highest BCUT2D eigenvalue weighted by atomic mass is 127. The van der Waals surface area contributed by atoms with Gasteiger partial charge >= 0.3 is 0 Å². The molecule has 0 saturated heterocycles. The van der Waals surface area contributed by atoms with E-state index in [1.807, 2.05) is 18.2 Å². The van der Waals surface area contributed by atoms with Crippen LogP contribution in [0.25, 0.3) is 10.4 Å². The van der Waals surface area contributed by atoms with Gasteiger partial charge in [-0.25, -0.2) is 0 Å². The number of rotatable bonds is 2. The van der Waals surface area contributed by atoms with Gasteiger partial charge in [0, 0.05) is 8.45 Å². The number of carbonyl (C=O) groups excluding carboxylic acids is 1. The van der Waals surface area contributed by atoms with Crippen molar-refractivity contribution in [3.63, 3.8) is 0 Å². The van der Waals surface area contributed by atoms with Crippen LogP contribution in [0.15, 0.2) is 30.3 Å². The predicted molar refractivity (Wildman–Crippen MR) is 72.6 cm³/mol. The zero-order valence-corrected chi connectivity index (χ0v) is 11.1. The fourth-order valence-electron chi connectivity index (χ4n) is 1.44. The Bertz CT molecular complexity index is 502. The minimum absolute atomic E-state index is 0.781. The van der Waals surface area contributed by atoms with Gasteiger partial charge in [-0.1, -0.05) is 12.1 Å². The van der Waals surface area contributed by atoms with Crippen molar-refractivity contribution in [2.24, 2.45) is 0 Å². The molecule has 15 heavy (non-hydrogen) atoms. The van der Waals surface area contributed by atoms with E-state index in [-0.39, 0.29) is 0 Å². The smallest absolute Gasteiger partial charge is 0.160 e. The number of hydrogen-bond acceptors (Lipinski definition) is 2. The Hall–Kier alpha value is -0.680. The molecule has 0 aliphatic rings. The Labute approximate surface area is 106 Å². The van der Waals surface area contributed by atoms with E-state index in [1.165, 1.54) is 26.0 Å². The van der Waals surface area contributed by atoms with Gasteiger partial charge in [-0.15, -0.1) is 11.3 Å². The van der Waals surface area contributed by atoms with Gasteiger partial charge in [-0.3, -0.25) is 4.79 Å². The Balaban J connectivity index is 2.53. The van der Waals surface area contributed by atoms with Crippen LogP contribution in [0.3, 0.4) is 0 Å². The number of thiophene rings is 1. The van der Waals surface area contributed by atoms with Crippen LogP contribution in [0.5, 0.6) is 0 Å². The first-order valence-electron chi connectivity index (χ1n) is 4.53. The molecule has 0 amide bonds. The standard InChI is InChI=1S/C12H9IOS/c1-8-10(3-2-4-11(8)13)12-6-5-9(7-14)15-12/h2-7H,1H3. The summed E-state index contributed by atoms with van der Waals surface area (Å²) >= 11 is 3.87. The van der Waals surface area contributed by atoms with Crippen molar-refractivity contribution in [1.82, 2.24) is 0 Å². The first kappa shape index (κ1) is 10.8. The fourth-order valence-corrected chi connectivity index (χ4v) is 2.84. The molecule has 2 rings (SSSR count). The van der Waals surface area contributed by atoms with Gasteiger partial charge in [0.15, 0.2) is 6.29 Å². The number of hydrogen-bond donors (Lipinski definition) is 0. The molecule has 0 radical (unpaired) electrons. The zero-order chi connectivity index (χ0) is 10.8. The van der Waals surface area contributed by atoms with Crippen LogP contribution in [-0.4, -0.2) is 6.29 Å². The van der Waals surface area contributed by atoms with E-state index in [0.717, 1.165) is 16.0 Å². The summed E-state index contributed by atoms with van der Waals surface area (Å²) in [5.41, 5.74) is 2.50. The molecule has 0 aliphatic heterocycles. The molecular formula is C12H9IOS. The summed E-state index contributed by atoms with van der Waals surface area (Å²) in [7, 11) is 0. The number of benzene rings is 1. The molecule has 1 aromatic heterocycles. The topological polar surface area (TPSA) is 17.1 Å². The van der Waals surface area contributed by atoms with E-state index in [9.17, 15) is 4.79 Å². The number of carbonyl (C=O) groups is 1. The zero-order valence-electron chi connectivity index (χ0n) is 8.16. The van der Waals surface area contributed by atoms with Crippen LogP contribution >= 0.6 is 33.9 Å². The molecule has 0 saturated carbocycles. The van der Waals surface area contributed by atoms with Crippen molar-refractivity contribution in [2.75, 3.05) is 0 Å². The van der Waals surface area contributed by atoms with Crippen molar-refractivity contribution in [2.45, 2.75) is 6.92 Å². The highest BCUT2D eigenvalue weighted by molar-refractivity contribution is 14.1. The predicted octanol–water partition coefficient (Wildman–Crippen LogP) is 4.14. The molecule has 0 aliphatic carbocycles. The third-order valence-electron chi connectivity index (χ3n) is 2.28. The number of halogens is 1. The van der Waals surface area contributed by atoms with Crippen LogP contribution in [-0.2, 0) is 0 Å². The van der Waals surface area contributed by atoms with Gasteiger partial charge in [0.2, 0.25) is 0 Å². The van der Waals surface area contributed by atoms with Crippen molar-refractivity contribution < 1.29 is 4.79 Å². The largest absolute Gasteiger partial charge is 0.297 e. The molecule has 0 atom stereocenters. The highest BCUT2D eigenvalue weighted by Gasteiger charge is 2.06. The van der Waals surface area contributed by atoms with Crippen LogP contribution in [0.4, 0.5) is 0 Å². The lowest BCUT2D eigenvalue weighted by Gasteiger charge is -2.04. The maximum absolute atomic E-state index is 10.6. The lowest BCUT2D eigenvalue weighted by Crippen LogP contribution is -1.83. The summed E-state index contributed by atoms with van der Waals surface area (Å²) in [6.45, 7) is 2.11. The Morgan fingerprint density at radius 2 is 2.07 bits per heavy atom. The van der Waals surface area contributed by atoms with Crippen molar-refractivity contribution in [3.05, 3.63) is 44.3 Å². The average molecular weight is 328 g/mol. The van der Waals surface area contributed by atoms with Crippen molar-refractivity contribution in [1.29, 1.82) is 0 Å². The molecular weight excluding hydrogens is 319 g/mol. The summed E-state index contributed by atoms with van der Waals surface area (Å²) in [6.07, 6.45) is 0.900. The van der Waals surface area contributed by atoms with E-state index in [2.05, 4.69) is 41.6 Å². The first-order valence-corrected chi connectivity index (χ1v) is 6.42. The second kappa shape index (κ2) is 4.45.